The Kier molecular flexibility index (Phi) is 5.29. The zero-order valence-corrected chi connectivity index (χ0v) is 17.2. The lowest BCUT2D eigenvalue weighted by Crippen LogP contribution is -2.48. The predicted molar refractivity (Wildman–Crippen MR) is 123 cm³/mol. The van der Waals surface area contributed by atoms with E-state index in [0.717, 1.165) is 5.56 Å². The number of ether oxygens (including phenoxy) is 1. The minimum absolute atomic E-state index is 0.146. The number of phenols is 1. The third-order valence-corrected chi connectivity index (χ3v) is 6.11. The number of phenolic OH excluding ortho intramolecular Hbond substituents is 1. The molecule has 0 amide bonds. The van der Waals surface area contributed by atoms with Crippen LogP contribution in [-0.2, 0) is 10.2 Å². The van der Waals surface area contributed by atoms with Crippen LogP contribution in [0.1, 0.15) is 28.4 Å². The van der Waals surface area contributed by atoms with Gasteiger partial charge in [-0.3, -0.25) is 5.32 Å². The molecule has 5 rings (SSSR count). The van der Waals surface area contributed by atoms with Gasteiger partial charge in [0.15, 0.2) is 0 Å². The van der Waals surface area contributed by atoms with Gasteiger partial charge in [0.1, 0.15) is 12.0 Å². The maximum Gasteiger partial charge on any atom is 0.127 e. The monoisotopic (exact) mass is 407 g/mol. The average molecular weight is 408 g/mol. The van der Waals surface area contributed by atoms with Gasteiger partial charge in [-0.1, -0.05) is 103 Å². The van der Waals surface area contributed by atoms with Gasteiger partial charge < -0.3 is 9.84 Å². The molecule has 0 saturated carbocycles. The van der Waals surface area contributed by atoms with Crippen molar-refractivity contribution in [1.29, 1.82) is 0 Å². The lowest BCUT2D eigenvalue weighted by atomic mass is 9.68. The Morgan fingerprint density at radius 2 is 1.19 bits per heavy atom. The highest BCUT2D eigenvalue weighted by molar-refractivity contribution is 5.52. The molecule has 2 N–H and O–H groups in total. The highest BCUT2D eigenvalue weighted by atomic mass is 16.5. The van der Waals surface area contributed by atoms with E-state index in [9.17, 15) is 5.11 Å². The van der Waals surface area contributed by atoms with Crippen molar-refractivity contribution in [3.05, 3.63) is 138 Å². The van der Waals surface area contributed by atoms with E-state index >= 15 is 0 Å². The minimum Gasteiger partial charge on any atom is -0.508 e. The second kappa shape index (κ2) is 8.38. The Morgan fingerprint density at radius 1 is 0.677 bits per heavy atom. The Morgan fingerprint density at radius 3 is 1.68 bits per heavy atom. The molecule has 4 aromatic rings. The Hall–Kier alpha value is -3.40. The van der Waals surface area contributed by atoms with Crippen LogP contribution in [0.4, 0.5) is 0 Å². The Bertz CT molecular complexity index is 1030. The van der Waals surface area contributed by atoms with Crippen molar-refractivity contribution in [1.82, 2.24) is 5.32 Å². The van der Waals surface area contributed by atoms with E-state index in [4.69, 9.17) is 4.74 Å². The lowest BCUT2D eigenvalue weighted by molar-refractivity contribution is 0.0113. The number of hydrogen-bond acceptors (Lipinski definition) is 3. The summed E-state index contributed by atoms with van der Waals surface area (Å²) in [4.78, 5) is 0. The molecule has 0 spiro atoms. The fourth-order valence-electron chi connectivity index (χ4n) is 4.71. The summed E-state index contributed by atoms with van der Waals surface area (Å²) in [6.07, 6.45) is -0.431. The van der Waals surface area contributed by atoms with E-state index in [1.54, 1.807) is 12.1 Å². The largest absolute Gasteiger partial charge is 0.508 e. The van der Waals surface area contributed by atoms with Crippen LogP contribution in [0.3, 0.4) is 0 Å². The third-order valence-electron chi connectivity index (χ3n) is 6.11. The van der Waals surface area contributed by atoms with Crippen LogP contribution < -0.4 is 5.32 Å². The van der Waals surface area contributed by atoms with E-state index in [-0.39, 0.29) is 18.1 Å². The van der Waals surface area contributed by atoms with E-state index < -0.39 is 5.41 Å². The van der Waals surface area contributed by atoms with Gasteiger partial charge in [-0.25, -0.2) is 0 Å². The molecule has 1 aliphatic rings. The van der Waals surface area contributed by atoms with Crippen LogP contribution in [0.25, 0.3) is 0 Å². The second-order valence-corrected chi connectivity index (χ2v) is 7.91. The summed E-state index contributed by atoms with van der Waals surface area (Å²) in [5.41, 5.74) is 3.94. The van der Waals surface area contributed by atoms with Crippen molar-refractivity contribution >= 4 is 0 Å². The summed E-state index contributed by atoms with van der Waals surface area (Å²) < 4.78 is 6.71. The highest BCUT2D eigenvalue weighted by Gasteiger charge is 2.48. The first kappa shape index (κ1) is 19.6. The smallest absolute Gasteiger partial charge is 0.127 e. The molecule has 1 aliphatic heterocycles. The van der Waals surface area contributed by atoms with E-state index in [1.165, 1.54) is 16.7 Å². The first-order valence-corrected chi connectivity index (χ1v) is 10.6. The zero-order valence-electron chi connectivity index (χ0n) is 17.2. The van der Waals surface area contributed by atoms with Gasteiger partial charge in [-0.2, -0.15) is 0 Å². The molecule has 3 nitrogen and oxygen atoms in total. The summed E-state index contributed by atoms with van der Waals surface area (Å²) in [5, 5.41) is 13.6. The van der Waals surface area contributed by atoms with Crippen LogP contribution in [0.2, 0.25) is 0 Å². The number of aromatic hydroxyl groups is 1. The molecular weight excluding hydrogens is 382 g/mol. The fourth-order valence-corrected chi connectivity index (χ4v) is 4.71. The second-order valence-electron chi connectivity index (χ2n) is 7.91. The Balaban J connectivity index is 1.67. The number of rotatable bonds is 5. The number of nitrogens with one attached hydrogen (secondary N) is 1. The maximum absolute atomic E-state index is 9.96. The third kappa shape index (κ3) is 3.52. The standard InChI is InChI=1S/C28H25NO2/c30-25-18-10-11-21(19-25)26-20-29-27(31-26)28(22-12-4-1-5-13-22,23-14-6-2-7-15-23)24-16-8-3-9-17-24/h1-19,26-27,29-30H,20H2. The van der Waals surface area contributed by atoms with Crippen LogP contribution in [0.5, 0.6) is 5.75 Å². The lowest BCUT2D eigenvalue weighted by Gasteiger charge is -2.40. The van der Waals surface area contributed by atoms with Crippen molar-refractivity contribution in [2.45, 2.75) is 17.7 Å². The SMILES string of the molecule is Oc1cccc(C2CNC(C(c3ccccc3)(c3ccccc3)c3ccccc3)O2)c1. The molecule has 1 fully saturated rings. The Labute approximate surface area is 183 Å². The first-order valence-electron chi connectivity index (χ1n) is 10.6. The number of hydrogen-bond donors (Lipinski definition) is 2. The summed E-state index contributed by atoms with van der Waals surface area (Å²) in [5.74, 6) is 0.255. The minimum atomic E-state index is -0.532. The summed E-state index contributed by atoms with van der Waals surface area (Å²) >= 11 is 0. The molecule has 0 radical (unpaired) electrons. The van der Waals surface area contributed by atoms with Crippen molar-refractivity contribution in [3.8, 4) is 5.75 Å². The topological polar surface area (TPSA) is 41.5 Å². The molecule has 1 saturated heterocycles. The van der Waals surface area contributed by atoms with Gasteiger partial charge in [0, 0.05) is 6.54 Å². The van der Waals surface area contributed by atoms with Crippen LogP contribution in [0.15, 0.2) is 115 Å². The van der Waals surface area contributed by atoms with Crippen LogP contribution >= 0.6 is 0 Å². The molecule has 0 aliphatic carbocycles. The van der Waals surface area contributed by atoms with Crippen molar-refractivity contribution in [2.24, 2.45) is 0 Å². The average Bonchev–Trinajstić information content (AvgIpc) is 3.32. The van der Waals surface area contributed by atoms with Gasteiger partial charge >= 0.3 is 0 Å². The van der Waals surface area contributed by atoms with Crippen molar-refractivity contribution < 1.29 is 9.84 Å². The van der Waals surface area contributed by atoms with Gasteiger partial charge in [0.05, 0.1) is 11.5 Å². The van der Waals surface area contributed by atoms with Crippen LogP contribution in [0, 0.1) is 0 Å². The summed E-state index contributed by atoms with van der Waals surface area (Å²) in [6, 6.07) is 39.0. The molecule has 0 aromatic heterocycles. The van der Waals surface area contributed by atoms with Gasteiger partial charge in [0.2, 0.25) is 0 Å². The predicted octanol–water partition coefficient (Wildman–Crippen LogP) is 5.41. The molecular formula is C28H25NO2. The van der Waals surface area contributed by atoms with Crippen molar-refractivity contribution in [3.63, 3.8) is 0 Å². The molecule has 2 unspecified atom stereocenters. The molecule has 3 heteroatoms. The number of benzene rings is 4. The summed E-state index contributed by atoms with van der Waals surface area (Å²) in [7, 11) is 0. The zero-order chi connectivity index (χ0) is 21.1. The van der Waals surface area contributed by atoms with E-state index in [0.29, 0.717) is 6.54 Å². The van der Waals surface area contributed by atoms with E-state index in [2.05, 4.69) is 78.1 Å². The maximum atomic E-state index is 9.96. The normalized spacial score (nSPS) is 18.7. The van der Waals surface area contributed by atoms with Gasteiger partial charge in [-0.15, -0.1) is 0 Å². The van der Waals surface area contributed by atoms with Crippen molar-refractivity contribution in [2.75, 3.05) is 6.54 Å². The molecule has 154 valence electrons. The first-order chi connectivity index (χ1) is 15.3. The van der Waals surface area contributed by atoms with Crippen LogP contribution in [-0.4, -0.2) is 17.9 Å². The van der Waals surface area contributed by atoms with Gasteiger partial charge in [-0.05, 0) is 34.4 Å². The molecule has 0 bridgehead atoms. The molecule has 31 heavy (non-hydrogen) atoms. The highest BCUT2D eigenvalue weighted by Crippen LogP contribution is 2.45. The molecule has 1 heterocycles. The summed E-state index contributed by atoms with van der Waals surface area (Å²) in [6.45, 7) is 0.669. The molecule has 4 aromatic carbocycles. The quantitative estimate of drug-likeness (QED) is 0.435. The van der Waals surface area contributed by atoms with E-state index in [1.807, 2.05) is 30.3 Å². The van der Waals surface area contributed by atoms with Gasteiger partial charge in [0.25, 0.3) is 0 Å². The fraction of sp³-hybridized carbons (Fsp3) is 0.143. The molecule has 2 atom stereocenters.